The summed E-state index contributed by atoms with van der Waals surface area (Å²) in [5.41, 5.74) is 0. The molecular weight excluding hydrogens is 275 g/mol. The van der Waals surface area contributed by atoms with Crippen LogP contribution in [-0.4, -0.2) is 11.9 Å². The quantitative estimate of drug-likeness (QED) is 0.731. The number of halogens is 2. The number of alkyl halides is 1. The van der Waals surface area contributed by atoms with E-state index in [9.17, 15) is 0 Å². The van der Waals surface area contributed by atoms with Crippen LogP contribution < -0.4 is 4.74 Å². The summed E-state index contributed by atoms with van der Waals surface area (Å²) in [7, 11) is 0. The molecule has 1 atom stereocenters. The fourth-order valence-corrected chi connectivity index (χ4v) is 2.21. The van der Waals surface area contributed by atoms with Gasteiger partial charge in [-0.25, -0.2) is 0 Å². The first kappa shape index (κ1) is 12.9. The highest BCUT2D eigenvalue weighted by molar-refractivity contribution is 9.09. The molecule has 0 saturated heterocycles. The van der Waals surface area contributed by atoms with Crippen molar-refractivity contribution in [3.8, 4) is 5.75 Å². The molecule has 1 aromatic rings. The Bertz CT molecular complexity index is 284. The summed E-state index contributed by atoms with van der Waals surface area (Å²) in [4.78, 5) is 0. The first-order valence-electron chi connectivity index (χ1n) is 5.07. The van der Waals surface area contributed by atoms with Gasteiger partial charge in [0, 0.05) is 16.3 Å². The Balaban J connectivity index is 2.45. The van der Waals surface area contributed by atoms with Gasteiger partial charge in [-0.1, -0.05) is 41.4 Å². The lowest BCUT2D eigenvalue weighted by molar-refractivity contribution is 0.227. The van der Waals surface area contributed by atoms with Crippen molar-refractivity contribution in [2.24, 2.45) is 11.8 Å². The Morgan fingerprint density at radius 1 is 1.27 bits per heavy atom. The average molecular weight is 292 g/mol. The van der Waals surface area contributed by atoms with Crippen LogP contribution in [0.2, 0.25) is 5.02 Å². The van der Waals surface area contributed by atoms with Crippen LogP contribution >= 0.6 is 27.5 Å². The zero-order chi connectivity index (χ0) is 11.3. The van der Waals surface area contributed by atoms with Crippen LogP contribution in [0.25, 0.3) is 0 Å². The van der Waals surface area contributed by atoms with Crippen molar-refractivity contribution in [2.45, 2.75) is 13.8 Å². The van der Waals surface area contributed by atoms with E-state index in [4.69, 9.17) is 16.3 Å². The van der Waals surface area contributed by atoms with Gasteiger partial charge in [0.25, 0.3) is 0 Å². The van der Waals surface area contributed by atoms with E-state index in [0.29, 0.717) is 11.8 Å². The summed E-state index contributed by atoms with van der Waals surface area (Å²) in [6.45, 7) is 5.15. The number of hydrogen-bond acceptors (Lipinski definition) is 1. The number of hydrogen-bond donors (Lipinski definition) is 0. The van der Waals surface area contributed by atoms with Crippen LogP contribution in [0, 0.1) is 11.8 Å². The van der Waals surface area contributed by atoms with Gasteiger partial charge in [0.2, 0.25) is 0 Å². The molecule has 0 aliphatic carbocycles. The molecule has 0 saturated carbocycles. The van der Waals surface area contributed by atoms with E-state index in [1.54, 1.807) is 0 Å². The molecule has 3 heteroatoms. The summed E-state index contributed by atoms with van der Waals surface area (Å²) in [5.74, 6) is 2.04. The molecule has 0 heterocycles. The molecule has 15 heavy (non-hydrogen) atoms. The van der Waals surface area contributed by atoms with E-state index in [-0.39, 0.29) is 0 Å². The summed E-state index contributed by atoms with van der Waals surface area (Å²) in [6.07, 6.45) is 0. The second kappa shape index (κ2) is 6.39. The van der Waals surface area contributed by atoms with Gasteiger partial charge in [-0.15, -0.1) is 0 Å². The molecule has 0 aromatic heterocycles. The van der Waals surface area contributed by atoms with Crippen LogP contribution in [0.4, 0.5) is 0 Å². The normalized spacial score (nSPS) is 12.9. The van der Waals surface area contributed by atoms with Gasteiger partial charge >= 0.3 is 0 Å². The molecule has 0 fully saturated rings. The monoisotopic (exact) mass is 290 g/mol. The van der Waals surface area contributed by atoms with Crippen LogP contribution in [0.3, 0.4) is 0 Å². The van der Waals surface area contributed by atoms with Crippen molar-refractivity contribution >= 4 is 27.5 Å². The minimum absolute atomic E-state index is 0.542. The van der Waals surface area contributed by atoms with Gasteiger partial charge in [0.15, 0.2) is 0 Å². The van der Waals surface area contributed by atoms with E-state index >= 15 is 0 Å². The molecular formula is C12H16BrClO. The van der Waals surface area contributed by atoms with Crippen molar-refractivity contribution < 1.29 is 4.74 Å². The molecule has 0 N–H and O–H groups in total. The number of ether oxygens (including phenoxy) is 1. The number of benzene rings is 1. The second-order valence-corrected chi connectivity index (χ2v) is 5.01. The molecule has 0 bridgehead atoms. The van der Waals surface area contributed by atoms with Crippen LogP contribution in [-0.2, 0) is 0 Å². The maximum atomic E-state index is 5.79. The molecule has 1 rings (SSSR count). The standard InChI is InChI=1S/C12H16BrClO/c1-9(2)10(7-13)8-15-12-5-3-11(14)4-6-12/h3-6,9-10H,7-8H2,1-2H3. The zero-order valence-electron chi connectivity index (χ0n) is 9.04. The SMILES string of the molecule is CC(C)C(CBr)COc1ccc(Cl)cc1. The molecule has 1 aromatic carbocycles. The highest BCUT2D eigenvalue weighted by Gasteiger charge is 2.12. The predicted octanol–water partition coefficient (Wildman–Crippen LogP) is 4.39. The fraction of sp³-hybridized carbons (Fsp3) is 0.500. The Hall–Kier alpha value is -0.210. The van der Waals surface area contributed by atoms with Crippen LogP contribution in [0.5, 0.6) is 5.75 Å². The molecule has 0 aliphatic rings. The van der Waals surface area contributed by atoms with Crippen molar-refractivity contribution in [2.75, 3.05) is 11.9 Å². The maximum absolute atomic E-state index is 5.79. The molecule has 0 spiro atoms. The van der Waals surface area contributed by atoms with E-state index in [0.717, 1.165) is 22.7 Å². The van der Waals surface area contributed by atoms with Gasteiger partial charge < -0.3 is 4.74 Å². The smallest absolute Gasteiger partial charge is 0.119 e. The third-order valence-electron chi connectivity index (χ3n) is 2.42. The molecule has 0 radical (unpaired) electrons. The Labute approximate surface area is 105 Å². The van der Waals surface area contributed by atoms with E-state index < -0.39 is 0 Å². The lowest BCUT2D eigenvalue weighted by Gasteiger charge is -2.18. The van der Waals surface area contributed by atoms with E-state index in [1.807, 2.05) is 24.3 Å². The van der Waals surface area contributed by atoms with Gasteiger partial charge in [0.05, 0.1) is 6.61 Å². The molecule has 0 aliphatic heterocycles. The van der Waals surface area contributed by atoms with Crippen LogP contribution in [0.15, 0.2) is 24.3 Å². The third kappa shape index (κ3) is 4.43. The maximum Gasteiger partial charge on any atom is 0.119 e. The molecule has 84 valence electrons. The lowest BCUT2D eigenvalue weighted by atomic mass is 9.99. The molecule has 0 amide bonds. The first-order valence-corrected chi connectivity index (χ1v) is 6.57. The Morgan fingerprint density at radius 3 is 2.33 bits per heavy atom. The van der Waals surface area contributed by atoms with Gasteiger partial charge in [0.1, 0.15) is 5.75 Å². The Morgan fingerprint density at radius 2 is 1.87 bits per heavy atom. The van der Waals surface area contributed by atoms with Gasteiger partial charge in [-0.05, 0) is 30.2 Å². The highest BCUT2D eigenvalue weighted by atomic mass is 79.9. The summed E-state index contributed by atoms with van der Waals surface area (Å²) < 4.78 is 5.69. The molecule has 1 unspecified atom stereocenters. The second-order valence-electron chi connectivity index (χ2n) is 3.92. The predicted molar refractivity (Wildman–Crippen MR) is 69.1 cm³/mol. The largest absolute Gasteiger partial charge is 0.493 e. The van der Waals surface area contributed by atoms with Gasteiger partial charge in [-0.3, -0.25) is 0 Å². The number of rotatable bonds is 5. The topological polar surface area (TPSA) is 9.23 Å². The first-order chi connectivity index (χ1) is 7.13. The Kier molecular flexibility index (Phi) is 5.48. The van der Waals surface area contributed by atoms with Crippen molar-refractivity contribution in [1.82, 2.24) is 0 Å². The average Bonchev–Trinajstić information content (AvgIpc) is 2.21. The van der Waals surface area contributed by atoms with E-state index in [1.165, 1.54) is 0 Å². The third-order valence-corrected chi connectivity index (χ3v) is 3.50. The minimum atomic E-state index is 0.542. The van der Waals surface area contributed by atoms with Crippen molar-refractivity contribution in [3.63, 3.8) is 0 Å². The highest BCUT2D eigenvalue weighted by Crippen LogP contribution is 2.19. The van der Waals surface area contributed by atoms with Crippen LogP contribution in [0.1, 0.15) is 13.8 Å². The van der Waals surface area contributed by atoms with Crippen molar-refractivity contribution in [3.05, 3.63) is 29.3 Å². The fourth-order valence-electron chi connectivity index (χ4n) is 1.15. The summed E-state index contributed by atoms with van der Waals surface area (Å²) >= 11 is 9.29. The minimum Gasteiger partial charge on any atom is -0.493 e. The summed E-state index contributed by atoms with van der Waals surface area (Å²) in [6, 6.07) is 7.48. The summed E-state index contributed by atoms with van der Waals surface area (Å²) in [5, 5.41) is 1.71. The van der Waals surface area contributed by atoms with Crippen molar-refractivity contribution in [1.29, 1.82) is 0 Å². The molecule has 1 nitrogen and oxygen atoms in total. The zero-order valence-corrected chi connectivity index (χ0v) is 11.4. The lowest BCUT2D eigenvalue weighted by Crippen LogP contribution is -2.19. The van der Waals surface area contributed by atoms with E-state index in [2.05, 4.69) is 29.8 Å². The van der Waals surface area contributed by atoms with Gasteiger partial charge in [-0.2, -0.15) is 0 Å².